The molecule has 1 aromatic heterocycles. The second-order valence-corrected chi connectivity index (χ2v) is 10.1. The lowest BCUT2D eigenvalue weighted by molar-refractivity contribution is -0.129. The molecule has 184 valence electrons. The second kappa shape index (κ2) is 11.8. The van der Waals surface area contributed by atoms with Gasteiger partial charge in [0.2, 0.25) is 0 Å². The number of carboxylic acid groups (broad SMARTS) is 1. The number of aromatic nitrogens is 1. The predicted molar refractivity (Wildman–Crippen MR) is 127 cm³/mol. The van der Waals surface area contributed by atoms with E-state index in [0.29, 0.717) is 54.7 Å². The maximum Gasteiger partial charge on any atom is 0.352 e. The van der Waals surface area contributed by atoms with E-state index in [4.69, 9.17) is 14.2 Å². The average molecular weight is 492 g/mol. The number of hydrogen-bond donors (Lipinski definition) is 2. The van der Waals surface area contributed by atoms with E-state index in [9.17, 15) is 18.3 Å². The van der Waals surface area contributed by atoms with Crippen LogP contribution in [-0.4, -0.2) is 55.8 Å². The Labute approximate surface area is 198 Å². The van der Waals surface area contributed by atoms with E-state index >= 15 is 0 Å². The van der Waals surface area contributed by atoms with Crippen molar-refractivity contribution < 1.29 is 32.5 Å². The number of pyridine rings is 1. The van der Waals surface area contributed by atoms with Gasteiger partial charge in [0.1, 0.15) is 29.1 Å². The molecule has 1 aromatic carbocycles. The van der Waals surface area contributed by atoms with Gasteiger partial charge in [0.25, 0.3) is 0 Å². The van der Waals surface area contributed by atoms with Crippen LogP contribution in [0.5, 0.6) is 17.2 Å². The maximum atomic E-state index is 11.4. The monoisotopic (exact) mass is 491 g/mol. The number of sulfone groups is 1. The van der Waals surface area contributed by atoms with Crippen molar-refractivity contribution in [1.29, 1.82) is 0 Å². The summed E-state index contributed by atoms with van der Waals surface area (Å²) in [7, 11) is -3.18. The van der Waals surface area contributed by atoms with E-state index in [-0.39, 0.29) is 17.6 Å². The van der Waals surface area contributed by atoms with Gasteiger partial charge in [0, 0.05) is 25.2 Å². The Balaban J connectivity index is 1.80. The molecule has 2 aromatic rings. The zero-order chi connectivity index (χ0) is 24.6. The van der Waals surface area contributed by atoms with Gasteiger partial charge >= 0.3 is 5.97 Å². The van der Waals surface area contributed by atoms with Gasteiger partial charge in [0.05, 0.1) is 36.5 Å². The first kappa shape index (κ1) is 25.4. The van der Waals surface area contributed by atoms with E-state index in [1.807, 2.05) is 6.92 Å². The number of rotatable bonds is 11. The fraction of sp³-hybridized carbons (Fsp3) is 0.435. The van der Waals surface area contributed by atoms with Crippen LogP contribution in [-0.2, 0) is 25.1 Å². The summed E-state index contributed by atoms with van der Waals surface area (Å²) in [5.41, 5.74) is 3.78. The summed E-state index contributed by atoms with van der Waals surface area (Å²) < 4.78 is 40.3. The highest BCUT2D eigenvalue weighted by atomic mass is 32.2. The lowest BCUT2D eigenvalue weighted by Crippen LogP contribution is -2.26. The third-order valence-electron chi connectivity index (χ3n) is 4.90. The largest absolute Gasteiger partial charge is 0.488 e. The summed E-state index contributed by atoms with van der Waals surface area (Å²) in [5, 5.41) is 13.4. The minimum Gasteiger partial charge on any atom is -0.488 e. The third-order valence-corrected chi connectivity index (χ3v) is 5.72. The molecule has 0 unspecified atom stereocenters. The summed E-state index contributed by atoms with van der Waals surface area (Å²) in [4.78, 5) is 15.5. The highest BCUT2D eigenvalue weighted by molar-refractivity contribution is 7.89. The molecular formula is C23H29N3O7S. The van der Waals surface area contributed by atoms with Gasteiger partial charge in [-0.25, -0.2) is 13.2 Å². The fourth-order valence-corrected chi connectivity index (χ4v) is 3.97. The van der Waals surface area contributed by atoms with Gasteiger partial charge in [-0.15, -0.1) is 0 Å². The van der Waals surface area contributed by atoms with Gasteiger partial charge < -0.3 is 19.3 Å². The van der Waals surface area contributed by atoms with Gasteiger partial charge in [-0.3, -0.25) is 10.4 Å². The molecular weight excluding hydrogens is 462 g/mol. The lowest BCUT2D eigenvalue weighted by Gasteiger charge is -2.24. The van der Waals surface area contributed by atoms with Gasteiger partial charge in [-0.05, 0) is 30.7 Å². The Morgan fingerprint density at radius 1 is 1.24 bits per heavy atom. The van der Waals surface area contributed by atoms with Crippen molar-refractivity contribution >= 4 is 27.2 Å². The molecule has 0 amide bonds. The first-order valence-corrected chi connectivity index (χ1v) is 13.0. The summed E-state index contributed by atoms with van der Waals surface area (Å²) in [5.74, 6) is 0.155. The Hall–Kier alpha value is -3.18. The van der Waals surface area contributed by atoms with Gasteiger partial charge in [-0.1, -0.05) is 13.3 Å². The van der Waals surface area contributed by atoms with Crippen LogP contribution in [0.15, 0.2) is 41.6 Å². The highest BCUT2D eigenvalue weighted by Crippen LogP contribution is 2.33. The van der Waals surface area contributed by atoms with Crippen LogP contribution in [0.1, 0.15) is 38.3 Å². The molecule has 2 heterocycles. The van der Waals surface area contributed by atoms with Crippen molar-refractivity contribution in [3.63, 3.8) is 0 Å². The van der Waals surface area contributed by atoms with E-state index in [0.717, 1.165) is 19.1 Å². The molecule has 0 aliphatic carbocycles. The van der Waals surface area contributed by atoms with Crippen LogP contribution in [0.25, 0.3) is 0 Å². The predicted octanol–water partition coefficient (Wildman–Crippen LogP) is 3.63. The van der Waals surface area contributed by atoms with Crippen LogP contribution in [0.3, 0.4) is 0 Å². The van der Waals surface area contributed by atoms with Crippen LogP contribution in [0, 0.1) is 0 Å². The molecule has 1 saturated heterocycles. The number of benzene rings is 1. The molecule has 0 saturated carbocycles. The second-order valence-electron chi connectivity index (χ2n) is 7.97. The average Bonchev–Trinajstić information content (AvgIpc) is 2.78. The SMILES string of the molecule is CCCC(=NNc1ccc(Oc2ccc(CS(C)(=O)=O)nc2)cc1OC1CCOCC1)C(=O)O. The Morgan fingerprint density at radius 3 is 2.59 bits per heavy atom. The van der Waals surface area contributed by atoms with Crippen LogP contribution in [0.2, 0.25) is 0 Å². The maximum absolute atomic E-state index is 11.4. The molecule has 2 N–H and O–H groups in total. The zero-order valence-corrected chi connectivity index (χ0v) is 20.0. The molecule has 1 aliphatic rings. The first-order valence-electron chi connectivity index (χ1n) is 11.0. The quantitative estimate of drug-likeness (QED) is 0.357. The summed E-state index contributed by atoms with van der Waals surface area (Å²) in [6.07, 6.45) is 5.01. The first-order chi connectivity index (χ1) is 16.2. The molecule has 34 heavy (non-hydrogen) atoms. The summed E-state index contributed by atoms with van der Waals surface area (Å²) in [6.45, 7) is 3.09. The topological polar surface area (TPSA) is 136 Å². The molecule has 0 atom stereocenters. The van der Waals surface area contributed by atoms with E-state index in [1.165, 1.54) is 6.20 Å². The summed E-state index contributed by atoms with van der Waals surface area (Å²) in [6, 6.07) is 8.33. The molecule has 0 spiro atoms. The highest BCUT2D eigenvalue weighted by Gasteiger charge is 2.18. The number of carboxylic acids is 1. The van der Waals surface area contributed by atoms with Crippen LogP contribution >= 0.6 is 0 Å². The molecule has 11 heteroatoms. The van der Waals surface area contributed by atoms with Crippen molar-refractivity contribution in [1.82, 2.24) is 4.98 Å². The molecule has 1 aliphatic heterocycles. The van der Waals surface area contributed by atoms with Crippen LogP contribution < -0.4 is 14.9 Å². The normalized spacial score (nSPS) is 15.1. The number of nitrogens with one attached hydrogen (secondary N) is 1. The Morgan fingerprint density at radius 2 is 1.97 bits per heavy atom. The van der Waals surface area contributed by atoms with E-state index in [1.54, 1.807) is 30.3 Å². The van der Waals surface area contributed by atoms with E-state index in [2.05, 4.69) is 15.5 Å². The molecule has 0 bridgehead atoms. The molecule has 0 radical (unpaired) electrons. The van der Waals surface area contributed by atoms with Gasteiger partial charge in [-0.2, -0.15) is 5.10 Å². The van der Waals surface area contributed by atoms with Crippen molar-refractivity contribution in [2.24, 2.45) is 5.10 Å². The van der Waals surface area contributed by atoms with Crippen molar-refractivity contribution in [2.75, 3.05) is 24.9 Å². The number of nitrogens with zero attached hydrogens (tertiary/aromatic N) is 2. The number of ether oxygens (including phenoxy) is 3. The Kier molecular flexibility index (Phi) is 8.83. The number of anilines is 1. The zero-order valence-electron chi connectivity index (χ0n) is 19.2. The fourth-order valence-electron chi connectivity index (χ4n) is 3.27. The third kappa shape index (κ3) is 7.99. The van der Waals surface area contributed by atoms with Gasteiger partial charge in [0.15, 0.2) is 9.84 Å². The van der Waals surface area contributed by atoms with Crippen molar-refractivity contribution in [3.8, 4) is 17.2 Å². The standard InChI is InChI=1S/C23H29N3O7S/c1-3-4-21(23(27)28)26-25-20-8-7-18(13-22(20)33-17-9-11-31-12-10-17)32-19-6-5-16(24-14-19)15-34(2,29)30/h5-8,13-14,17,25H,3-4,9-12,15H2,1-2H3,(H,27,28). The van der Waals surface area contributed by atoms with Crippen molar-refractivity contribution in [2.45, 2.75) is 44.5 Å². The van der Waals surface area contributed by atoms with Crippen LogP contribution in [0.4, 0.5) is 5.69 Å². The molecule has 1 fully saturated rings. The number of aliphatic carboxylic acids is 1. The molecule has 3 rings (SSSR count). The number of hydrogen-bond acceptors (Lipinski definition) is 9. The molecule has 10 nitrogen and oxygen atoms in total. The lowest BCUT2D eigenvalue weighted by atomic mass is 10.1. The number of hydrazone groups is 1. The summed E-state index contributed by atoms with van der Waals surface area (Å²) >= 11 is 0. The number of carbonyl (C=O) groups is 1. The minimum absolute atomic E-state index is 0.0279. The van der Waals surface area contributed by atoms with E-state index < -0.39 is 15.8 Å². The smallest absolute Gasteiger partial charge is 0.352 e. The van der Waals surface area contributed by atoms with Crippen molar-refractivity contribution in [3.05, 3.63) is 42.2 Å². The minimum atomic E-state index is -3.18. The Bertz CT molecular complexity index is 1110.